The molecule has 1 N–H and O–H groups in total. The molecule has 3 aromatic rings. The van der Waals surface area contributed by atoms with Gasteiger partial charge in [-0.05, 0) is 19.1 Å². The summed E-state index contributed by atoms with van der Waals surface area (Å²) in [5, 5.41) is 12.6. The van der Waals surface area contributed by atoms with Gasteiger partial charge >= 0.3 is 0 Å². The molecule has 1 heterocycles. The average Bonchev–Trinajstić information content (AvgIpc) is 2.80. The van der Waals surface area contributed by atoms with Gasteiger partial charge in [0.15, 0.2) is 0 Å². The Morgan fingerprint density at radius 3 is 2.10 bits per heavy atom. The minimum absolute atomic E-state index is 0.372. The lowest BCUT2D eigenvalue weighted by molar-refractivity contribution is 0.0347. The number of hydrogen-bond acceptors (Lipinski definition) is 2. The van der Waals surface area contributed by atoms with Gasteiger partial charge in [-0.25, -0.2) is 0 Å². The van der Waals surface area contributed by atoms with Crippen molar-refractivity contribution in [3.8, 4) is 0 Å². The Bertz CT molecular complexity index is 664. The van der Waals surface area contributed by atoms with Gasteiger partial charge < -0.3 is 14.4 Å². The topological polar surface area (TPSA) is 34.4 Å². The SMILES string of the molecule is CCOC[C@@H](O)Cn1c2ccccc2c2ccccc21. The van der Waals surface area contributed by atoms with E-state index in [-0.39, 0.29) is 0 Å². The van der Waals surface area contributed by atoms with Crippen LogP contribution in [0.15, 0.2) is 48.5 Å². The van der Waals surface area contributed by atoms with Crippen LogP contribution in [0.5, 0.6) is 0 Å². The maximum Gasteiger partial charge on any atom is 0.0952 e. The summed E-state index contributed by atoms with van der Waals surface area (Å²) in [6.45, 7) is 3.49. The van der Waals surface area contributed by atoms with Crippen molar-refractivity contribution in [1.82, 2.24) is 4.57 Å². The summed E-state index contributed by atoms with van der Waals surface area (Å²) < 4.78 is 7.48. The predicted molar refractivity (Wildman–Crippen MR) is 81.9 cm³/mol. The molecule has 3 nitrogen and oxygen atoms in total. The zero-order chi connectivity index (χ0) is 13.9. The second-order valence-electron chi connectivity index (χ2n) is 4.96. The fourth-order valence-electron chi connectivity index (χ4n) is 2.72. The highest BCUT2D eigenvalue weighted by molar-refractivity contribution is 6.07. The summed E-state index contributed by atoms with van der Waals surface area (Å²) >= 11 is 0. The fraction of sp³-hybridized carbons (Fsp3) is 0.294. The third-order valence-electron chi connectivity index (χ3n) is 3.59. The molecule has 0 saturated carbocycles. The smallest absolute Gasteiger partial charge is 0.0952 e. The van der Waals surface area contributed by atoms with E-state index < -0.39 is 6.10 Å². The predicted octanol–water partition coefficient (Wildman–Crippen LogP) is 3.19. The van der Waals surface area contributed by atoms with Gasteiger partial charge in [0.25, 0.3) is 0 Å². The number of aliphatic hydroxyl groups excluding tert-OH is 1. The van der Waals surface area contributed by atoms with Crippen LogP contribution in [-0.4, -0.2) is 29.0 Å². The van der Waals surface area contributed by atoms with Gasteiger partial charge in [-0.3, -0.25) is 0 Å². The van der Waals surface area contributed by atoms with E-state index in [9.17, 15) is 5.11 Å². The Labute approximate surface area is 118 Å². The molecule has 0 bridgehead atoms. The van der Waals surface area contributed by atoms with E-state index in [0.717, 1.165) is 11.0 Å². The largest absolute Gasteiger partial charge is 0.389 e. The molecule has 3 heteroatoms. The van der Waals surface area contributed by atoms with Gasteiger partial charge in [0.1, 0.15) is 0 Å². The van der Waals surface area contributed by atoms with Crippen LogP contribution in [-0.2, 0) is 11.3 Å². The summed E-state index contributed by atoms with van der Waals surface area (Å²) in [4.78, 5) is 0. The third kappa shape index (κ3) is 2.30. The van der Waals surface area contributed by atoms with E-state index in [0.29, 0.717) is 19.8 Å². The van der Waals surface area contributed by atoms with Crippen molar-refractivity contribution in [2.75, 3.05) is 13.2 Å². The highest BCUT2D eigenvalue weighted by Crippen LogP contribution is 2.28. The van der Waals surface area contributed by atoms with E-state index in [1.165, 1.54) is 10.8 Å². The first-order valence-corrected chi connectivity index (χ1v) is 7.03. The molecule has 0 aliphatic carbocycles. The molecule has 1 atom stereocenters. The van der Waals surface area contributed by atoms with Crippen molar-refractivity contribution in [3.05, 3.63) is 48.5 Å². The molecule has 2 aromatic carbocycles. The number of hydrogen-bond donors (Lipinski definition) is 1. The molecule has 0 amide bonds. The molecule has 3 rings (SSSR count). The first-order chi connectivity index (χ1) is 9.81. The van der Waals surface area contributed by atoms with Crippen molar-refractivity contribution in [2.24, 2.45) is 0 Å². The Hall–Kier alpha value is -1.84. The monoisotopic (exact) mass is 269 g/mol. The lowest BCUT2D eigenvalue weighted by atomic mass is 10.2. The molecule has 20 heavy (non-hydrogen) atoms. The van der Waals surface area contributed by atoms with Crippen LogP contribution in [0.25, 0.3) is 21.8 Å². The Balaban J connectivity index is 2.07. The average molecular weight is 269 g/mol. The van der Waals surface area contributed by atoms with Gasteiger partial charge in [-0.15, -0.1) is 0 Å². The molecular weight excluding hydrogens is 250 g/mol. The van der Waals surface area contributed by atoms with E-state index in [1.54, 1.807) is 0 Å². The van der Waals surface area contributed by atoms with Gasteiger partial charge in [0.05, 0.1) is 19.3 Å². The Kier molecular flexibility index (Phi) is 3.72. The van der Waals surface area contributed by atoms with Crippen LogP contribution in [0.4, 0.5) is 0 Å². The Morgan fingerprint density at radius 2 is 1.55 bits per heavy atom. The number of benzene rings is 2. The maximum absolute atomic E-state index is 10.1. The van der Waals surface area contributed by atoms with Crippen LogP contribution in [0.2, 0.25) is 0 Å². The van der Waals surface area contributed by atoms with Crippen molar-refractivity contribution >= 4 is 21.8 Å². The minimum Gasteiger partial charge on any atom is -0.389 e. The number of para-hydroxylation sites is 2. The van der Waals surface area contributed by atoms with Gasteiger partial charge in [-0.2, -0.15) is 0 Å². The first kappa shape index (κ1) is 13.2. The van der Waals surface area contributed by atoms with Crippen LogP contribution < -0.4 is 0 Å². The molecule has 0 aliphatic rings. The second-order valence-corrected chi connectivity index (χ2v) is 4.96. The van der Waals surface area contributed by atoms with Crippen LogP contribution in [0, 0.1) is 0 Å². The number of ether oxygens (including phenoxy) is 1. The number of aromatic nitrogens is 1. The quantitative estimate of drug-likeness (QED) is 0.772. The normalized spacial score (nSPS) is 13.1. The van der Waals surface area contributed by atoms with Crippen molar-refractivity contribution < 1.29 is 9.84 Å². The second kappa shape index (κ2) is 5.65. The van der Waals surface area contributed by atoms with Crippen LogP contribution in [0.3, 0.4) is 0 Å². The van der Waals surface area contributed by atoms with Crippen LogP contribution in [0.1, 0.15) is 6.92 Å². The van der Waals surface area contributed by atoms with E-state index in [2.05, 4.69) is 41.0 Å². The van der Waals surface area contributed by atoms with Crippen molar-refractivity contribution in [2.45, 2.75) is 19.6 Å². The summed E-state index contributed by atoms with van der Waals surface area (Å²) in [7, 11) is 0. The summed E-state index contributed by atoms with van der Waals surface area (Å²) in [6.07, 6.45) is -0.492. The molecule has 104 valence electrons. The highest BCUT2D eigenvalue weighted by Gasteiger charge is 2.12. The lowest BCUT2D eigenvalue weighted by Crippen LogP contribution is -2.21. The molecule has 1 aromatic heterocycles. The molecule has 0 spiro atoms. The summed E-state index contributed by atoms with van der Waals surface area (Å²) in [5.74, 6) is 0. The van der Waals surface area contributed by atoms with E-state index >= 15 is 0 Å². The molecule has 0 fully saturated rings. The number of nitrogens with zero attached hydrogens (tertiary/aromatic N) is 1. The van der Waals surface area contributed by atoms with Gasteiger partial charge in [0, 0.05) is 28.4 Å². The summed E-state index contributed by atoms with van der Waals surface area (Å²) in [5.41, 5.74) is 2.31. The Morgan fingerprint density at radius 1 is 1.00 bits per heavy atom. The van der Waals surface area contributed by atoms with E-state index in [4.69, 9.17) is 4.74 Å². The summed E-state index contributed by atoms with van der Waals surface area (Å²) in [6, 6.07) is 16.6. The van der Waals surface area contributed by atoms with E-state index in [1.807, 2.05) is 19.1 Å². The third-order valence-corrected chi connectivity index (χ3v) is 3.59. The number of aliphatic hydroxyl groups is 1. The highest BCUT2D eigenvalue weighted by atomic mass is 16.5. The molecule has 0 aliphatic heterocycles. The van der Waals surface area contributed by atoms with Crippen molar-refractivity contribution in [1.29, 1.82) is 0 Å². The lowest BCUT2D eigenvalue weighted by Gasteiger charge is -2.13. The van der Waals surface area contributed by atoms with Crippen molar-refractivity contribution in [3.63, 3.8) is 0 Å². The molecule has 0 unspecified atom stereocenters. The zero-order valence-electron chi connectivity index (χ0n) is 11.6. The van der Waals surface area contributed by atoms with Crippen LogP contribution >= 0.6 is 0 Å². The first-order valence-electron chi connectivity index (χ1n) is 7.03. The maximum atomic E-state index is 10.1. The standard InChI is InChI=1S/C17H19NO2/c1-2-20-12-13(19)11-18-16-9-5-3-7-14(16)15-8-4-6-10-17(15)18/h3-10,13,19H,2,11-12H2,1H3/t13-/m0/s1. The number of fused-ring (bicyclic) bond motifs is 3. The minimum atomic E-state index is -0.492. The fourth-order valence-corrected chi connectivity index (χ4v) is 2.72. The number of rotatable bonds is 5. The van der Waals surface area contributed by atoms with Gasteiger partial charge in [0.2, 0.25) is 0 Å². The molecular formula is C17H19NO2. The zero-order valence-corrected chi connectivity index (χ0v) is 11.6. The molecule has 0 saturated heterocycles. The molecule has 0 radical (unpaired) electrons. The van der Waals surface area contributed by atoms with Gasteiger partial charge in [-0.1, -0.05) is 36.4 Å².